The third-order valence-corrected chi connectivity index (χ3v) is 6.00. The fraction of sp³-hybridized carbons (Fsp3) is 0.333. The second-order valence-electron chi connectivity index (χ2n) is 8.33. The van der Waals surface area contributed by atoms with Crippen LogP contribution in [-0.2, 0) is 14.3 Å². The van der Waals surface area contributed by atoms with E-state index in [0.717, 1.165) is 6.08 Å². The molecule has 1 fully saturated rings. The molecule has 1 aromatic heterocycles. The summed E-state index contributed by atoms with van der Waals surface area (Å²) in [5, 5.41) is 20.1. The highest BCUT2D eigenvalue weighted by Crippen LogP contribution is 2.75. The van der Waals surface area contributed by atoms with Gasteiger partial charge in [0.15, 0.2) is 6.61 Å². The van der Waals surface area contributed by atoms with Crippen LogP contribution in [-0.4, -0.2) is 34.8 Å². The number of hydrogen-bond donors (Lipinski definition) is 1. The maximum Gasteiger partial charge on any atom is 0.422 e. The number of para-hydroxylation sites is 1. The molecule has 0 aliphatic heterocycles. The van der Waals surface area contributed by atoms with Crippen LogP contribution < -0.4 is 4.74 Å². The van der Waals surface area contributed by atoms with Crippen LogP contribution in [0.5, 0.6) is 11.6 Å². The van der Waals surface area contributed by atoms with Gasteiger partial charge in [0.1, 0.15) is 17.1 Å². The van der Waals surface area contributed by atoms with Crippen LogP contribution in [0.4, 0.5) is 13.2 Å². The lowest BCUT2D eigenvalue weighted by Crippen LogP contribution is -2.29. The summed E-state index contributed by atoms with van der Waals surface area (Å²) in [5.41, 5.74) is -2.54. The van der Waals surface area contributed by atoms with E-state index in [-0.39, 0.29) is 11.6 Å². The first-order chi connectivity index (χ1) is 15.9. The Morgan fingerprint density at radius 2 is 1.88 bits per heavy atom. The molecule has 0 bridgehead atoms. The van der Waals surface area contributed by atoms with Crippen molar-refractivity contribution in [2.24, 2.45) is 16.7 Å². The number of nitriles is 1. The standard InChI is InChI=1S/C24H21F3N2O5/c1-22(2)18(11-12-20(30)33-14-23(25,26)27)24(22,21(31)32)16(13-28)17-9-6-10-19(29-17)34-15-7-4-3-5-8-15/h3-12,16,18H,14H2,1-2H3,(H,31,32)/t16-,18+,24-/m1/s1. The van der Waals surface area contributed by atoms with Crippen LogP contribution in [0, 0.1) is 28.1 Å². The van der Waals surface area contributed by atoms with Crippen molar-refractivity contribution in [2.45, 2.75) is 25.9 Å². The van der Waals surface area contributed by atoms with Gasteiger partial charge in [-0.25, -0.2) is 9.78 Å². The number of rotatable bonds is 8. The number of benzene rings is 1. The number of carboxylic acids is 1. The Balaban J connectivity index is 1.89. The average Bonchev–Trinajstić information content (AvgIpc) is 3.27. The summed E-state index contributed by atoms with van der Waals surface area (Å²) in [4.78, 5) is 28.5. The minimum atomic E-state index is -4.68. The van der Waals surface area contributed by atoms with E-state index < -0.39 is 47.4 Å². The van der Waals surface area contributed by atoms with Gasteiger partial charge >= 0.3 is 18.1 Å². The van der Waals surface area contributed by atoms with Gasteiger partial charge in [-0.15, -0.1) is 0 Å². The molecule has 1 saturated carbocycles. The Morgan fingerprint density at radius 1 is 1.21 bits per heavy atom. The van der Waals surface area contributed by atoms with Crippen LogP contribution >= 0.6 is 0 Å². The minimum Gasteiger partial charge on any atom is -0.481 e. The number of pyridine rings is 1. The van der Waals surface area contributed by atoms with Gasteiger partial charge in [-0.2, -0.15) is 18.4 Å². The van der Waals surface area contributed by atoms with Gasteiger partial charge in [0, 0.05) is 18.1 Å². The van der Waals surface area contributed by atoms with Gasteiger partial charge in [0.25, 0.3) is 0 Å². The van der Waals surface area contributed by atoms with Gasteiger partial charge < -0.3 is 14.6 Å². The molecular weight excluding hydrogens is 453 g/mol. The second kappa shape index (κ2) is 9.17. The lowest BCUT2D eigenvalue weighted by Gasteiger charge is -2.21. The number of alkyl halides is 3. The molecule has 0 radical (unpaired) electrons. The van der Waals surface area contributed by atoms with Crippen molar-refractivity contribution in [3.63, 3.8) is 0 Å². The number of hydrogen-bond acceptors (Lipinski definition) is 6. The van der Waals surface area contributed by atoms with Gasteiger partial charge in [-0.3, -0.25) is 4.79 Å². The number of ether oxygens (including phenoxy) is 2. The summed E-state index contributed by atoms with van der Waals surface area (Å²) in [6.07, 6.45) is -2.74. The van der Waals surface area contributed by atoms with Crippen molar-refractivity contribution >= 4 is 11.9 Å². The zero-order valence-corrected chi connectivity index (χ0v) is 18.2. The highest BCUT2D eigenvalue weighted by Gasteiger charge is 2.78. The molecule has 1 aliphatic rings. The maximum atomic E-state index is 12.5. The average molecular weight is 474 g/mol. The normalized spacial score (nSPS) is 21.9. The maximum absolute atomic E-state index is 12.5. The van der Waals surface area contributed by atoms with Crippen LogP contribution in [0.3, 0.4) is 0 Å². The summed E-state index contributed by atoms with van der Waals surface area (Å²) in [5.74, 6) is -3.98. The largest absolute Gasteiger partial charge is 0.481 e. The Kier molecular flexibility index (Phi) is 6.68. The number of aliphatic carboxylic acids is 1. The summed E-state index contributed by atoms with van der Waals surface area (Å²) < 4.78 is 46.6. The van der Waals surface area contributed by atoms with E-state index in [1.54, 1.807) is 56.3 Å². The molecule has 1 heterocycles. The van der Waals surface area contributed by atoms with Crippen LogP contribution in [0.25, 0.3) is 0 Å². The SMILES string of the molecule is CC1(C)[C@H](C=CC(=O)OCC(F)(F)F)[C@@]1(C(=O)O)[C@H](C#N)c1cccc(Oc2ccccc2)n1. The smallest absolute Gasteiger partial charge is 0.422 e. The van der Waals surface area contributed by atoms with Crippen molar-refractivity contribution in [2.75, 3.05) is 6.61 Å². The fourth-order valence-electron chi connectivity index (χ4n) is 4.35. The molecule has 1 aliphatic carbocycles. The molecule has 3 atom stereocenters. The number of carbonyl (C=O) groups excluding carboxylic acids is 1. The van der Waals surface area contributed by atoms with Crippen molar-refractivity contribution in [3.05, 3.63) is 66.4 Å². The van der Waals surface area contributed by atoms with E-state index in [0.29, 0.717) is 5.75 Å². The molecule has 0 saturated heterocycles. The Morgan fingerprint density at radius 3 is 2.47 bits per heavy atom. The van der Waals surface area contributed by atoms with E-state index in [9.17, 15) is 33.1 Å². The molecule has 1 N–H and O–H groups in total. The summed E-state index contributed by atoms with van der Waals surface area (Å²) in [6, 6.07) is 15.4. The quantitative estimate of drug-likeness (QED) is 0.429. The topological polar surface area (TPSA) is 110 Å². The van der Waals surface area contributed by atoms with E-state index in [2.05, 4.69) is 9.72 Å². The van der Waals surface area contributed by atoms with Gasteiger partial charge in [-0.1, -0.05) is 44.2 Å². The third-order valence-electron chi connectivity index (χ3n) is 6.00. The van der Waals surface area contributed by atoms with E-state index >= 15 is 0 Å². The molecule has 34 heavy (non-hydrogen) atoms. The molecular formula is C24H21F3N2O5. The Hall–Kier alpha value is -3.87. The van der Waals surface area contributed by atoms with Crippen molar-refractivity contribution in [3.8, 4) is 17.7 Å². The van der Waals surface area contributed by atoms with Gasteiger partial charge in [-0.05, 0) is 23.6 Å². The van der Waals surface area contributed by atoms with E-state index in [4.69, 9.17) is 4.74 Å². The number of esters is 1. The fourth-order valence-corrected chi connectivity index (χ4v) is 4.35. The Bertz CT molecular complexity index is 1140. The summed E-state index contributed by atoms with van der Waals surface area (Å²) in [7, 11) is 0. The Labute approximate surface area is 193 Å². The first-order valence-corrected chi connectivity index (χ1v) is 10.2. The van der Waals surface area contributed by atoms with Crippen LogP contribution in [0.15, 0.2) is 60.7 Å². The lowest BCUT2D eigenvalue weighted by atomic mass is 9.80. The van der Waals surface area contributed by atoms with Gasteiger partial charge in [0.2, 0.25) is 5.88 Å². The van der Waals surface area contributed by atoms with Crippen LogP contribution in [0.1, 0.15) is 25.5 Å². The second-order valence-corrected chi connectivity index (χ2v) is 8.33. The van der Waals surface area contributed by atoms with Crippen molar-refractivity contribution in [1.29, 1.82) is 5.26 Å². The predicted molar refractivity (Wildman–Crippen MR) is 113 cm³/mol. The van der Waals surface area contributed by atoms with Gasteiger partial charge in [0.05, 0.1) is 11.8 Å². The molecule has 0 spiro atoms. The number of halogens is 3. The third kappa shape index (κ3) is 4.73. The zero-order valence-electron chi connectivity index (χ0n) is 18.2. The number of allylic oxidation sites excluding steroid dienone is 1. The summed E-state index contributed by atoms with van der Waals surface area (Å²) >= 11 is 0. The zero-order chi connectivity index (χ0) is 25.1. The number of carboxylic acid groups (broad SMARTS) is 1. The highest BCUT2D eigenvalue weighted by atomic mass is 19.4. The van der Waals surface area contributed by atoms with Crippen LogP contribution in [0.2, 0.25) is 0 Å². The molecule has 3 rings (SSSR count). The van der Waals surface area contributed by atoms with Crippen molar-refractivity contribution < 1.29 is 37.3 Å². The molecule has 1 aromatic carbocycles. The highest BCUT2D eigenvalue weighted by molar-refractivity contribution is 5.86. The summed E-state index contributed by atoms with van der Waals surface area (Å²) in [6.45, 7) is 1.45. The molecule has 7 nitrogen and oxygen atoms in total. The molecule has 0 unspecified atom stereocenters. The number of aromatic nitrogens is 1. The number of nitrogens with zero attached hydrogens (tertiary/aromatic N) is 2. The molecule has 10 heteroatoms. The number of carbonyl (C=O) groups is 2. The van der Waals surface area contributed by atoms with E-state index in [1.807, 2.05) is 6.07 Å². The van der Waals surface area contributed by atoms with E-state index in [1.165, 1.54) is 12.1 Å². The first-order valence-electron chi connectivity index (χ1n) is 10.2. The molecule has 0 amide bonds. The monoisotopic (exact) mass is 474 g/mol. The minimum absolute atomic E-state index is 0.155. The molecule has 178 valence electrons. The molecule has 2 aromatic rings. The predicted octanol–water partition coefficient (Wildman–Crippen LogP) is 4.87. The first kappa shape index (κ1) is 24.8. The van der Waals surface area contributed by atoms with Crippen molar-refractivity contribution in [1.82, 2.24) is 4.98 Å². The lowest BCUT2D eigenvalue weighted by molar-refractivity contribution is -0.182.